The topological polar surface area (TPSA) is 61.8 Å². The first kappa shape index (κ1) is 20.0. The second kappa shape index (κ2) is 9.97. The fourth-order valence-corrected chi connectivity index (χ4v) is 2.72. The Labute approximate surface area is 161 Å². The van der Waals surface area contributed by atoms with Crippen molar-refractivity contribution in [1.29, 1.82) is 0 Å². The first-order chi connectivity index (χ1) is 12.6. The van der Waals surface area contributed by atoms with Gasteiger partial charge in [0.2, 0.25) is 0 Å². The van der Waals surface area contributed by atoms with Gasteiger partial charge in [-0.1, -0.05) is 41.4 Å². The van der Waals surface area contributed by atoms with Crippen LogP contribution in [0.4, 0.5) is 0 Å². The zero-order valence-corrected chi connectivity index (χ0v) is 16.4. The van der Waals surface area contributed by atoms with Crippen molar-refractivity contribution in [1.82, 2.24) is 0 Å². The molecule has 2 rings (SSSR count). The van der Waals surface area contributed by atoms with Crippen LogP contribution in [0.3, 0.4) is 0 Å². The van der Waals surface area contributed by atoms with Gasteiger partial charge in [0.15, 0.2) is 0 Å². The van der Waals surface area contributed by atoms with Crippen molar-refractivity contribution in [3.8, 4) is 5.75 Å². The van der Waals surface area contributed by atoms with E-state index in [-0.39, 0.29) is 17.7 Å². The van der Waals surface area contributed by atoms with E-state index in [0.29, 0.717) is 12.4 Å². The van der Waals surface area contributed by atoms with Gasteiger partial charge < -0.3 is 14.2 Å². The van der Waals surface area contributed by atoms with E-state index < -0.39 is 11.9 Å². The minimum Gasteiger partial charge on any atom is -0.496 e. The molecule has 0 aliphatic rings. The molecule has 5 nitrogen and oxygen atoms in total. The van der Waals surface area contributed by atoms with Crippen LogP contribution in [0.1, 0.15) is 46.0 Å². The number of esters is 2. The van der Waals surface area contributed by atoms with E-state index in [0.717, 1.165) is 22.9 Å². The van der Waals surface area contributed by atoms with Crippen molar-refractivity contribution < 1.29 is 23.8 Å². The van der Waals surface area contributed by atoms with Gasteiger partial charge in [-0.05, 0) is 36.8 Å². The third-order valence-electron chi connectivity index (χ3n) is 3.70. The summed E-state index contributed by atoms with van der Waals surface area (Å²) in [7, 11) is 1.55. The Kier molecular flexibility index (Phi) is 7.66. The van der Waals surface area contributed by atoms with Crippen LogP contribution in [0.2, 0.25) is 0 Å². The van der Waals surface area contributed by atoms with E-state index in [1.807, 2.05) is 19.1 Å². The Hall–Kier alpha value is -2.34. The van der Waals surface area contributed by atoms with Gasteiger partial charge in [-0.3, -0.25) is 0 Å². The van der Waals surface area contributed by atoms with Gasteiger partial charge in [0.1, 0.15) is 12.4 Å². The van der Waals surface area contributed by atoms with Gasteiger partial charge in [0.05, 0.1) is 24.8 Å². The summed E-state index contributed by atoms with van der Waals surface area (Å²) in [5.74, 6) is -0.491. The number of unbranched alkanes of at least 4 members (excludes halogenated alkanes) is 1. The number of halogens is 1. The fourth-order valence-electron chi connectivity index (χ4n) is 2.31. The lowest BCUT2D eigenvalue weighted by Gasteiger charge is -2.12. The average molecular weight is 421 g/mol. The van der Waals surface area contributed by atoms with Gasteiger partial charge >= 0.3 is 11.9 Å². The van der Waals surface area contributed by atoms with Crippen molar-refractivity contribution in [3.05, 3.63) is 63.6 Å². The molecule has 0 aliphatic heterocycles. The molecule has 2 aromatic carbocycles. The van der Waals surface area contributed by atoms with Gasteiger partial charge in [0.25, 0.3) is 0 Å². The molecular formula is C20H21BrO5. The third kappa shape index (κ3) is 5.33. The van der Waals surface area contributed by atoms with Crippen LogP contribution in [0.15, 0.2) is 46.9 Å². The summed E-state index contributed by atoms with van der Waals surface area (Å²) in [6.45, 7) is 2.37. The summed E-state index contributed by atoms with van der Waals surface area (Å²) in [5.41, 5.74) is 1.11. The average Bonchev–Trinajstić information content (AvgIpc) is 2.66. The predicted molar refractivity (Wildman–Crippen MR) is 101 cm³/mol. The van der Waals surface area contributed by atoms with Crippen LogP contribution >= 0.6 is 15.9 Å². The van der Waals surface area contributed by atoms with Crippen molar-refractivity contribution in [2.45, 2.75) is 26.4 Å². The molecule has 0 amide bonds. The van der Waals surface area contributed by atoms with E-state index in [1.165, 1.54) is 0 Å². The van der Waals surface area contributed by atoms with Crippen LogP contribution in [0.5, 0.6) is 5.75 Å². The van der Waals surface area contributed by atoms with Crippen molar-refractivity contribution >= 4 is 27.9 Å². The van der Waals surface area contributed by atoms with Crippen LogP contribution in [-0.2, 0) is 16.1 Å². The highest BCUT2D eigenvalue weighted by Gasteiger charge is 2.19. The molecule has 0 saturated carbocycles. The van der Waals surface area contributed by atoms with Gasteiger partial charge in [-0.25, -0.2) is 9.59 Å². The normalized spacial score (nSPS) is 10.3. The van der Waals surface area contributed by atoms with E-state index in [2.05, 4.69) is 15.9 Å². The summed E-state index contributed by atoms with van der Waals surface area (Å²) < 4.78 is 16.7. The van der Waals surface area contributed by atoms with Crippen LogP contribution in [0, 0.1) is 0 Å². The fraction of sp³-hybridized carbons (Fsp3) is 0.300. The molecule has 26 heavy (non-hydrogen) atoms. The Morgan fingerprint density at radius 1 is 1.00 bits per heavy atom. The molecule has 0 radical (unpaired) electrons. The quantitative estimate of drug-likeness (QED) is 0.454. The van der Waals surface area contributed by atoms with Crippen LogP contribution < -0.4 is 4.74 Å². The second-order valence-electron chi connectivity index (χ2n) is 5.57. The highest BCUT2D eigenvalue weighted by molar-refractivity contribution is 9.10. The summed E-state index contributed by atoms with van der Waals surface area (Å²) in [4.78, 5) is 24.7. The maximum absolute atomic E-state index is 12.5. The number of hydrogen-bond acceptors (Lipinski definition) is 5. The van der Waals surface area contributed by atoms with Crippen molar-refractivity contribution in [2.24, 2.45) is 0 Å². The molecule has 0 bridgehead atoms. The number of carbonyl (C=O) groups is 2. The lowest BCUT2D eigenvalue weighted by Crippen LogP contribution is -2.14. The number of carbonyl (C=O) groups excluding carboxylic acids is 2. The lowest BCUT2D eigenvalue weighted by atomic mass is 10.1. The number of methoxy groups -OCH3 is 1. The Balaban J connectivity index is 2.10. The maximum Gasteiger partial charge on any atom is 0.339 e. The first-order valence-corrected chi connectivity index (χ1v) is 9.11. The molecule has 2 aromatic rings. The molecule has 138 valence electrons. The summed E-state index contributed by atoms with van der Waals surface area (Å²) in [6, 6.07) is 11.9. The SMILES string of the molecule is CCCCOC(=O)c1ccccc1C(=O)OCc1cc(Br)ccc1OC. The summed E-state index contributed by atoms with van der Waals surface area (Å²) in [5, 5.41) is 0. The molecule has 0 atom stereocenters. The van der Waals surface area contributed by atoms with Crippen molar-refractivity contribution in [3.63, 3.8) is 0 Å². The molecular weight excluding hydrogens is 400 g/mol. The first-order valence-electron chi connectivity index (χ1n) is 8.32. The zero-order valence-electron chi connectivity index (χ0n) is 14.8. The molecule has 0 saturated heterocycles. The summed E-state index contributed by atoms with van der Waals surface area (Å²) in [6.07, 6.45) is 1.70. The van der Waals surface area contributed by atoms with Crippen LogP contribution in [-0.4, -0.2) is 25.7 Å². The van der Waals surface area contributed by atoms with E-state index in [9.17, 15) is 9.59 Å². The zero-order chi connectivity index (χ0) is 18.9. The number of benzene rings is 2. The van der Waals surface area contributed by atoms with E-state index >= 15 is 0 Å². The molecule has 0 N–H and O–H groups in total. The number of hydrogen-bond donors (Lipinski definition) is 0. The number of rotatable bonds is 8. The summed E-state index contributed by atoms with van der Waals surface area (Å²) >= 11 is 3.38. The minimum absolute atomic E-state index is 0.0284. The highest BCUT2D eigenvalue weighted by atomic mass is 79.9. The Morgan fingerprint density at radius 3 is 2.27 bits per heavy atom. The van der Waals surface area contributed by atoms with E-state index in [1.54, 1.807) is 37.4 Å². The third-order valence-corrected chi connectivity index (χ3v) is 4.19. The largest absolute Gasteiger partial charge is 0.496 e. The van der Waals surface area contributed by atoms with Crippen molar-refractivity contribution in [2.75, 3.05) is 13.7 Å². The lowest BCUT2D eigenvalue weighted by molar-refractivity contribution is 0.0435. The maximum atomic E-state index is 12.5. The highest BCUT2D eigenvalue weighted by Crippen LogP contribution is 2.24. The second-order valence-corrected chi connectivity index (χ2v) is 6.48. The molecule has 0 aromatic heterocycles. The van der Waals surface area contributed by atoms with Gasteiger partial charge in [0, 0.05) is 10.0 Å². The molecule has 0 unspecified atom stereocenters. The number of ether oxygens (including phenoxy) is 3. The monoisotopic (exact) mass is 420 g/mol. The van der Waals surface area contributed by atoms with Gasteiger partial charge in [-0.15, -0.1) is 0 Å². The standard InChI is InChI=1S/C20H21BrO5/c1-3-4-11-25-19(22)16-7-5-6-8-17(16)20(23)26-13-14-12-15(21)9-10-18(14)24-2/h5-10,12H,3-4,11,13H2,1-2H3. The minimum atomic E-state index is -0.588. The molecule has 0 spiro atoms. The molecule has 0 heterocycles. The Morgan fingerprint density at radius 2 is 1.65 bits per heavy atom. The molecule has 0 aliphatic carbocycles. The van der Waals surface area contributed by atoms with E-state index in [4.69, 9.17) is 14.2 Å². The van der Waals surface area contributed by atoms with Crippen LogP contribution in [0.25, 0.3) is 0 Å². The smallest absolute Gasteiger partial charge is 0.339 e. The predicted octanol–water partition coefficient (Wildman–Crippen LogP) is 4.77. The Bertz CT molecular complexity index is 773. The molecule has 0 fully saturated rings. The van der Waals surface area contributed by atoms with Gasteiger partial charge in [-0.2, -0.15) is 0 Å². The molecule has 6 heteroatoms.